The molecule has 2 N–H and O–H groups in total. The molecule has 0 radical (unpaired) electrons. The molecule has 0 bridgehead atoms. The molecular formula is C15H23N3O2. The molecule has 20 heavy (non-hydrogen) atoms. The number of aliphatic hydroxyl groups is 1. The summed E-state index contributed by atoms with van der Waals surface area (Å²) in [5.41, 5.74) is 2.14. The maximum absolute atomic E-state index is 9.11. The van der Waals surface area contributed by atoms with Crippen LogP contribution in [0.4, 0.5) is 5.82 Å². The van der Waals surface area contributed by atoms with Crippen molar-refractivity contribution in [2.75, 3.05) is 11.9 Å². The number of furan rings is 1. The van der Waals surface area contributed by atoms with Gasteiger partial charge in [0.2, 0.25) is 0 Å². The molecule has 2 aromatic rings. The molecule has 0 amide bonds. The molecule has 110 valence electrons. The van der Waals surface area contributed by atoms with Crippen molar-refractivity contribution in [3.8, 4) is 0 Å². The molecule has 1 unspecified atom stereocenters. The van der Waals surface area contributed by atoms with Gasteiger partial charge in [0.05, 0.1) is 25.1 Å². The molecule has 0 spiro atoms. The first-order chi connectivity index (χ1) is 9.61. The number of aliphatic hydroxyl groups excluding tert-OH is 1. The summed E-state index contributed by atoms with van der Waals surface area (Å²) in [5, 5.41) is 17.0. The summed E-state index contributed by atoms with van der Waals surface area (Å²) in [7, 11) is 0. The van der Waals surface area contributed by atoms with E-state index in [4.69, 9.17) is 9.52 Å². The fraction of sp³-hybridized carbons (Fsp3) is 0.533. The van der Waals surface area contributed by atoms with Crippen LogP contribution in [0.25, 0.3) is 0 Å². The van der Waals surface area contributed by atoms with Gasteiger partial charge in [-0.2, -0.15) is 5.10 Å². The largest absolute Gasteiger partial charge is 0.469 e. The van der Waals surface area contributed by atoms with Gasteiger partial charge in [-0.05, 0) is 39.3 Å². The van der Waals surface area contributed by atoms with Crippen LogP contribution in [0.1, 0.15) is 30.4 Å². The lowest BCUT2D eigenvalue weighted by molar-refractivity contribution is 0.270. The van der Waals surface area contributed by atoms with Gasteiger partial charge in [-0.15, -0.1) is 0 Å². The summed E-state index contributed by atoms with van der Waals surface area (Å²) in [5.74, 6) is 2.01. The molecule has 1 atom stereocenters. The van der Waals surface area contributed by atoms with Crippen molar-refractivity contribution in [3.05, 3.63) is 35.4 Å². The Bertz CT molecular complexity index is 532. The van der Waals surface area contributed by atoms with E-state index >= 15 is 0 Å². The van der Waals surface area contributed by atoms with Crippen LogP contribution in [0.3, 0.4) is 0 Å². The number of hydrogen-bond donors (Lipinski definition) is 2. The van der Waals surface area contributed by atoms with Crippen LogP contribution >= 0.6 is 0 Å². The summed E-state index contributed by atoms with van der Waals surface area (Å²) in [6, 6.07) is 4.22. The fourth-order valence-corrected chi connectivity index (χ4v) is 2.23. The van der Waals surface area contributed by atoms with Crippen molar-refractivity contribution in [1.82, 2.24) is 9.78 Å². The third kappa shape index (κ3) is 3.42. The molecule has 2 aromatic heterocycles. The van der Waals surface area contributed by atoms with Crippen LogP contribution in [0.5, 0.6) is 0 Å². The van der Waals surface area contributed by atoms with Crippen molar-refractivity contribution in [2.45, 2.75) is 46.2 Å². The van der Waals surface area contributed by atoms with Gasteiger partial charge in [0.25, 0.3) is 0 Å². The van der Waals surface area contributed by atoms with Gasteiger partial charge in [0, 0.05) is 18.0 Å². The van der Waals surface area contributed by atoms with E-state index in [9.17, 15) is 0 Å². The standard InChI is InChI=1S/C15H23N3O2/c1-11(6-7-14-5-4-10-20-14)16-15-12(2)13(3)17-18(15)8-9-19/h4-5,10-11,16,19H,6-9H2,1-3H3. The summed E-state index contributed by atoms with van der Waals surface area (Å²) in [6.07, 6.45) is 3.60. The normalized spacial score (nSPS) is 12.6. The minimum absolute atomic E-state index is 0.0933. The monoisotopic (exact) mass is 277 g/mol. The third-order valence-electron chi connectivity index (χ3n) is 3.53. The zero-order valence-corrected chi connectivity index (χ0v) is 12.4. The van der Waals surface area contributed by atoms with Crippen molar-refractivity contribution in [1.29, 1.82) is 0 Å². The second-order valence-corrected chi connectivity index (χ2v) is 5.17. The van der Waals surface area contributed by atoms with E-state index < -0.39 is 0 Å². The summed E-state index contributed by atoms with van der Waals surface area (Å²) < 4.78 is 7.19. The quantitative estimate of drug-likeness (QED) is 0.816. The first kappa shape index (κ1) is 14.7. The Hall–Kier alpha value is -1.75. The van der Waals surface area contributed by atoms with E-state index in [1.165, 1.54) is 0 Å². The Morgan fingerprint density at radius 2 is 2.25 bits per heavy atom. The number of rotatable bonds is 7. The van der Waals surface area contributed by atoms with E-state index in [2.05, 4.69) is 24.3 Å². The van der Waals surface area contributed by atoms with E-state index in [1.54, 1.807) is 6.26 Å². The molecule has 0 aliphatic heterocycles. The Labute approximate surface area is 119 Å². The van der Waals surface area contributed by atoms with E-state index in [-0.39, 0.29) is 6.61 Å². The smallest absolute Gasteiger partial charge is 0.127 e. The molecule has 5 heteroatoms. The molecule has 2 heterocycles. The highest BCUT2D eigenvalue weighted by molar-refractivity contribution is 5.47. The number of nitrogens with one attached hydrogen (secondary N) is 1. The second kappa shape index (κ2) is 6.61. The Morgan fingerprint density at radius 1 is 1.45 bits per heavy atom. The molecule has 0 aliphatic carbocycles. The minimum Gasteiger partial charge on any atom is -0.469 e. The van der Waals surface area contributed by atoms with Gasteiger partial charge >= 0.3 is 0 Å². The summed E-state index contributed by atoms with van der Waals surface area (Å²) >= 11 is 0. The number of anilines is 1. The molecular weight excluding hydrogens is 254 g/mol. The Kier molecular flexibility index (Phi) is 4.84. The van der Waals surface area contributed by atoms with Crippen LogP contribution in [0.2, 0.25) is 0 Å². The maximum atomic E-state index is 9.11. The first-order valence-corrected chi connectivity index (χ1v) is 7.05. The van der Waals surface area contributed by atoms with E-state index in [0.717, 1.165) is 35.7 Å². The van der Waals surface area contributed by atoms with Gasteiger partial charge in [0.15, 0.2) is 0 Å². The molecule has 0 saturated carbocycles. The van der Waals surface area contributed by atoms with Gasteiger partial charge in [-0.1, -0.05) is 0 Å². The lowest BCUT2D eigenvalue weighted by Crippen LogP contribution is -2.20. The zero-order valence-electron chi connectivity index (χ0n) is 12.4. The molecule has 0 fully saturated rings. The molecule has 5 nitrogen and oxygen atoms in total. The van der Waals surface area contributed by atoms with Gasteiger partial charge in [-0.25, -0.2) is 4.68 Å². The highest BCUT2D eigenvalue weighted by atomic mass is 16.3. The average molecular weight is 277 g/mol. The Morgan fingerprint density at radius 3 is 2.90 bits per heavy atom. The van der Waals surface area contributed by atoms with Crippen LogP contribution in [0.15, 0.2) is 22.8 Å². The number of aryl methyl sites for hydroxylation is 2. The Balaban J connectivity index is 1.97. The lowest BCUT2D eigenvalue weighted by Gasteiger charge is -2.16. The molecule has 0 aromatic carbocycles. The maximum Gasteiger partial charge on any atom is 0.127 e. The van der Waals surface area contributed by atoms with Crippen LogP contribution in [-0.4, -0.2) is 27.5 Å². The SMILES string of the molecule is Cc1nn(CCO)c(NC(C)CCc2ccco2)c1C. The van der Waals surface area contributed by atoms with Crippen molar-refractivity contribution < 1.29 is 9.52 Å². The highest BCUT2D eigenvalue weighted by Gasteiger charge is 2.13. The fourth-order valence-electron chi connectivity index (χ4n) is 2.23. The number of hydrogen-bond acceptors (Lipinski definition) is 4. The van der Waals surface area contributed by atoms with Gasteiger partial charge < -0.3 is 14.8 Å². The van der Waals surface area contributed by atoms with Gasteiger partial charge in [0.1, 0.15) is 11.6 Å². The van der Waals surface area contributed by atoms with E-state index in [1.807, 2.05) is 23.7 Å². The first-order valence-electron chi connectivity index (χ1n) is 7.05. The zero-order chi connectivity index (χ0) is 14.5. The third-order valence-corrected chi connectivity index (χ3v) is 3.53. The van der Waals surface area contributed by atoms with E-state index in [0.29, 0.717) is 12.6 Å². The van der Waals surface area contributed by atoms with Crippen molar-refractivity contribution in [2.24, 2.45) is 0 Å². The summed E-state index contributed by atoms with van der Waals surface area (Å²) in [6.45, 7) is 6.80. The molecule has 0 aliphatic rings. The predicted molar refractivity (Wildman–Crippen MR) is 78.9 cm³/mol. The molecule has 0 saturated heterocycles. The van der Waals surface area contributed by atoms with Crippen LogP contribution < -0.4 is 5.32 Å². The number of nitrogens with zero attached hydrogens (tertiary/aromatic N) is 2. The second-order valence-electron chi connectivity index (χ2n) is 5.17. The lowest BCUT2D eigenvalue weighted by atomic mass is 10.1. The van der Waals surface area contributed by atoms with Gasteiger partial charge in [-0.3, -0.25) is 0 Å². The van der Waals surface area contributed by atoms with Crippen LogP contribution in [-0.2, 0) is 13.0 Å². The average Bonchev–Trinajstić information content (AvgIpc) is 3.02. The topological polar surface area (TPSA) is 63.2 Å². The van der Waals surface area contributed by atoms with Crippen molar-refractivity contribution >= 4 is 5.82 Å². The minimum atomic E-state index is 0.0933. The summed E-state index contributed by atoms with van der Waals surface area (Å²) in [4.78, 5) is 0. The number of aromatic nitrogens is 2. The predicted octanol–water partition coefficient (Wildman–Crippen LogP) is 2.52. The van der Waals surface area contributed by atoms with Crippen molar-refractivity contribution in [3.63, 3.8) is 0 Å². The highest BCUT2D eigenvalue weighted by Crippen LogP contribution is 2.20. The molecule has 2 rings (SSSR count). The van der Waals surface area contributed by atoms with Crippen LogP contribution in [0, 0.1) is 13.8 Å².